The fourth-order valence-corrected chi connectivity index (χ4v) is 0.954. The topological polar surface area (TPSA) is 97.5 Å². The van der Waals surface area contributed by atoms with Gasteiger partial charge in [-0.3, -0.25) is 5.41 Å². The summed E-state index contributed by atoms with van der Waals surface area (Å²) in [7, 11) is 1.45. The van der Waals surface area contributed by atoms with Crippen molar-refractivity contribution < 1.29 is 4.74 Å². The third-order valence-electron chi connectivity index (χ3n) is 1.59. The standard InChI is InChI=1S/C9H12N4O/c1-14-8(10)6-2-4-7(5-3-6)13-9(11)12/h2-5,10H,1H3,(H4,11,12,13). The molecule has 0 fully saturated rings. The van der Waals surface area contributed by atoms with Crippen LogP contribution in [-0.2, 0) is 4.74 Å². The fraction of sp³-hybridized carbons (Fsp3) is 0.111. The van der Waals surface area contributed by atoms with E-state index in [1.54, 1.807) is 24.3 Å². The second-order valence-electron chi connectivity index (χ2n) is 2.62. The molecule has 5 nitrogen and oxygen atoms in total. The first-order valence-electron chi connectivity index (χ1n) is 3.96. The molecule has 0 bridgehead atoms. The van der Waals surface area contributed by atoms with E-state index in [9.17, 15) is 0 Å². The molecule has 1 rings (SSSR count). The van der Waals surface area contributed by atoms with E-state index in [1.165, 1.54) is 7.11 Å². The number of guanidine groups is 1. The molecule has 0 spiro atoms. The van der Waals surface area contributed by atoms with E-state index in [1.807, 2.05) is 0 Å². The zero-order valence-electron chi connectivity index (χ0n) is 7.82. The highest BCUT2D eigenvalue weighted by atomic mass is 16.5. The maximum absolute atomic E-state index is 7.38. The Morgan fingerprint density at radius 2 is 1.86 bits per heavy atom. The molecule has 0 aromatic heterocycles. The van der Waals surface area contributed by atoms with E-state index in [4.69, 9.17) is 21.6 Å². The molecule has 0 aliphatic rings. The lowest BCUT2D eigenvalue weighted by atomic mass is 10.2. The van der Waals surface area contributed by atoms with Crippen molar-refractivity contribution in [3.8, 4) is 0 Å². The molecule has 0 aliphatic carbocycles. The number of nitrogens with two attached hydrogens (primary N) is 2. The Bertz CT molecular complexity index is 352. The number of nitrogens with zero attached hydrogens (tertiary/aromatic N) is 1. The Balaban J connectivity index is 2.89. The van der Waals surface area contributed by atoms with E-state index in [2.05, 4.69) is 4.99 Å². The van der Waals surface area contributed by atoms with E-state index < -0.39 is 0 Å². The SMILES string of the molecule is COC(=N)c1ccc(N=C(N)N)cc1. The summed E-state index contributed by atoms with van der Waals surface area (Å²) >= 11 is 0. The molecular formula is C9H12N4O. The van der Waals surface area contributed by atoms with E-state index >= 15 is 0 Å². The number of rotatable bonds is 2. The molecule has 5 N–H and O–H groups in total. The largest absolute Gasteiger partial charge is 0.481 e. The highest BCUT2D eigenvalue weighted by Crippen LogP contribution is 2.12. The van der Waals surface area contributed by atoms with Crippen LogP contribution in [0.15, 0.2) is 29.3 Å². The van der Waals surface area contributed by atoms with Gasteiger partial charge in [-0.05, 0) is 24.3 Å². The maximum Gasteiger partial charge on any atom is 0.212 e. The summed E-state index contributed by atoms with van der Waals surface area (Å²) in [6.45, 7) is 0. The molecule has 1 aromatic carbocycles. The molecule has 0 saturated carbocycles. The Morgan fingerprint density at radius 3 is 2.29 bits per heavy atom. The van der Waals surface area contributed by atoms with Gasteiger partial charge in [0.1, 0.15) is 0 Å². The smallest absolute Gasteiger partial charge is 0.212 e. The predicted molar refractivity (Wildman–Crippen MR) is 55.7 cm³/mol. The fourth-order valence-electron chi connectivity index (χ4n) is 0.954. The average molecular weight is 192 g/mol. The van der Waals surface area contributed by atoms with Crippen LogP contribution < -0.4 is 11.5 Å². The van der Waals surface area contributed by atoms with Crippen molar-refractivity contribution in [2.24, 2.45) is 16.5 Å². The van der Waals surface area contributed by atoms with Crippen molar-refractivity contribution in [2.45, 2.75) is 0 Å². The summed E-state index contributed by atoms with van der Waals surface area (Å²) in [6, 6.07) is 6.85. The first-order valence-corrected chi connectivity index (χ1v) is 3.96. The number of ether oxygens (including phenoxy) is 1. The van der Waals surface area contributed by atoms with Crippen LogP contribution in [-0.4, -0.2) is 19.0 Å². The van der Waals surface area contributed by atoms with Crippen LogP contribution in [0.3, 0.4) is 0 Å². The quantitative estimate of drug-likeness (QED) is 0.471. The highest BCUT2D eigenvalue weighted by molar-refractivity contribution is 5.91. The molecule has 1 aromatic rings. The van der Waals surface area contributed by atoms with Crippen LogP contribution in [0, 0.1) is 5.41 Å². The van der Waals surface area contributed by atoms with Gasteiger partial charge in [0.2, 0.25) is 5.90 Å². The number of hydrogen-bond acceptors (Lipinski definition) is 3. The van der Waals surface area contributed by atoms with Crippen LogP contribution in [0.25, 0.3) is 0 Å². The minimum atomic E-state index is 0.0135. The van der Waals surface area contributed by atoms with Crippen molar-refractivity contribution in [2.75, 3.05) is 7.11 Å². The Morgan fingerprint density at radius 1 is 1.29 bits per heavy atom. The first-order chi connectivity index (χ1) is 6.63. The molecule has 0 radical (unpaired) electrons. The zero-order chi connectivity index (χ0) is 10.6. The molecule has 0 atom stereocenters. The summed E-state index contributed by atoms with van der Waals surface area (Å²) < 4.78 is 4.76. The molecule has 0 saturated heterocycles. The molecule has 74 valence electrons. The van der Waals surface area contributed by atoms with E-state index in [-0.39, 0.29) is 11.9 Å². The Labute approximate surface area is 81.9 Å². The van der Waals surface area contributed by atoms with Gasteiger partial charge in [-0.15, -0.1) is 0 Å². The van der Waals surface area contributed by atoms with Gasteiger partial charge in [0.05, 0.1) is 12.8 Å². The lowest BCUT2D eigenvalue weighted by Gasteiger charge is -2.01. The van der Waals surface area contributed by atoms with Gasteiger partial charge in [0.15, 0.2) is 5.96 Å². The summed E-state index contributed by atoms with van der Waals surface area (Å²) in [5.41, 5.74) is 11.8. The second kappa shape index (κ2) is 4.27. The van der Waals surface area contributed by atoms with Gasteiger partial charge < -0.3 is 16.2 Å². The zero-order valence-corrected chi connectivity index (χ0v) is 7.82. The molecule has 0 unspecified atom stereocenters. The van der Waals surface area contributed by atoms with Crippen LogP contribution >= 0.6 is 0 Å². The van der Waals surface area contributed by atoms with Crippen molar-refractivity contribution in [3.05, 3.63) is 29.8 Å². The van der Waals surface area contributed by atoms with Crippen molar-refractivity contribution in [3.63, 3.8) is 0 Å². The first kappa shape index (κ1) is 10.0. The van der Waals surface area contributed by atoms with Gasteiger partial charge in [-0.25, -0.2) is 4.99 Å². The normalized spacial score (nSPS) is 9.21. The average Bonchev–Trinajstić information content (AvgIpc) is 2.17. The second-order valence-corrected chi connectivity index (χ2v) is 2.62. The summed E-state index contributed by atoms with van der Waals surface area (Å²) in [5, 5.41) is 7.38. The van der Waals surface area contributed by atoms with Crippen LogP contribution in [0.2, 0.25) is 0 Å². The van der Waals surface area contributed by atoms with Gasteiger partial charge in [-0.2, -0.15) is 0 Å². The monoisotopic (exact) mass is 192 g/mol. The van der Waals surface area contributed by atoms with Gasteiger partial charge in [0, 0.05) is 5.56 Å². The number of hydrogen-bond donors (Lipinski definition) is 3. The molecular weight excluding hydrogens is 180 g/mol. The predicted octanol–water partition coefficient (Wildman–Crippen LogP) is 0.563. The summed E-state index contributed by atoms with van der Waals surface area (Å²) in [4.78, 5) is 3.85. The summed E-state index contributed by atoms with van der Waals surface area (Å²) in [6.07, 6.45) is 0. The Hall–Kier alpha value is -2.04. The van der Waals surface area contributed by atoms with Crippen molar-refractivity contribution in [1.82, 2.24) is 0 Å². The van der Waals surface area contributed by atoms with Crippen molar-refractivity contribution >= 4 is 17.5 Å². The lowest BCUT2D eigenvalue weighted by molar-refractivity contribution is 0.401. The minimum Gasteiger partial charge on any atom is -0.481 e. The molecule has 0 heterocycles. The van der Waals surface area contributed by atoms with Crippen LogP contribution in [0.4, 0.5) is 5.69 Å². The third kappa shape index (κ3) is 2.48. The molecule has 14 heavy (non-hydrogen) atoms. The number of nitrogens with one attached hydrogen (secondary N) is 1. The lowest BCUT2D eigenvalue weighted by Crippen LogP contribution is -2.21. The number of methoxy groups -OCH3 is 1. The number of benzene rings is 1. The highest BCUT2D eigenvalue weighted by Gasteiger charge is 1.99. The Kier molecular flexibility index (Phi) is 3.06. The van der Waals surface area contributed by atoms with Crippen molar-refractivity contribution in [1.29, 1.82) is 5.41 Å². The van der Waals surface area contributed by atoms with Gasteiger partial charge in [0.25, 0.3) is 0 Å². The molecule has 5 heteroatoms. The van der Waals surface area contributed by atoms with Crippen LogP contribution in [0.5, 0.6) is 0 Å². The summed E-state index contributed by atoms with van der Waals surface area (Å²) in [5.74, 6) is 0.126. The van der Waals surface area contributed by atoms with Crippen LogP contribution in [0.1, 0.15) is 5.56 Å². The third-order valence-corrected chi connectivity index (χ3v) is 1.59. The maximum atomic E-state index is 7.38. The van der Waals surface area contributed by atoms with Gasteiger partial charge >= 0.3 is 0 Å². The minimum absolute atomic E-state index is 0.0135. The van der Waals surface area contributed by atoms with E-state index in [0.29, 0.717) is 11.3 Å². The molecule has 0 aliphatic heterocycles. The van der Waals surface area contributed by atoms with E-state index in [0.717, 1.165) is 0 Å². The number of aliphatic imine (C=N–C) groups is 1. The molecule has 0 amide bonds. The van der Waals surface area contributed by atoms with Gasteiger partial charge in [-0.1, -0.05) is 0 Å².